The molecule has 1 aliphatic heterocycles. The largest absolute Gasteiger partial charge is 0.497 e. The van der Waals surface area contributed by atoms with Crippen molar-refractivity contribution in [2.75, 3.05) is 25.1 Å². The van der Waals surface area contributed by atoms with E-state index in [-0.39, 0.29) is 17.5 Å². The van der Waals surface area contributed by atoms with Gasteiger partial charge in [0.1, 0.15) is 11.6 Å². The number of amides is 1. The molecule has 2 N–H and O–H groups in total. The highest BCUT2D eigenvalue weighted by Crippen LogP contribution is 2.23. The predicted octanol–water partition coefficient (Wildman–Crippen LogP) is 3.04. The van der Waals surface area contributed by atoms with E-state index in [0.717, 1.165) is 31.7 Å². The SMILES string of the molecule is COc1ccc(N2CCC(NC(=O)CCCc3nc4ccccc4c(=O)[nH]3)CC2)cc1. The van der Waals surface area contributed by atoms with E-state index in [4.69, 9.17) is 4.74 Å². The Balaban J connectivity index is 1.21. The van der Waals surface area contributed by atoms with Crippen molar-refractivity contribution < 1.29 is 9.53 Å². The molecule has 0 saturated carbocycles. The minimum absolute atomic E-state index is 0.0611. The third-order valence-electron chi connectivity index (χ3n) is 5.78. The number of nitrogens with one attached hydrogen (secondary N) is 2. The van der Waals surface area contributed by atoms with Crippen LogP contribution in [0.3, 0.4) is 0 Å². The summed E-state index contributed by atoms with van der Waals surface area (Å²) in [6.45, 7) is 1.83. The van der Waals surface area contributed by atoms with Gasteiger partial charge in [-0.2, -0.15) is 0 Å². The summed E-state index contributed by atoms with van der Waals surface area (Å²) in [7, 11) is 1.67. The van der Waals surface area contributed by atoms with Crippen LogP contribution in [0, 0.1) is 0 Å². The first kappa shape index (κ1) is 20.9. The Morgan fingerprint density at radius 2 is 1.90 bits per heavy atom. The normalized spacial score (nSPS) is 14.5. The zero-order chi connectivity index (χ0) is 21.6. The molecule has 7 heteroatoms. The van der Waals surface area contributed by atoms with Crippen LogP contribution >= 0.6 is 0 Å². The van der Waals surface area contributed by atoms with E-state index >= 15 is 0 Å². The maximum absolute atomic E-state index is 12.4. The van der Waals surface area contributed by atoms with Crippen LogP contribution in [0.4, 0.5) is 5.69 Å². The highest BCUT2D eigenvalue weighted by Gasteiger charge is 2.20. The van der Waals surface area contributed by atoms with Crippen LogP contribution in [0.15, 0.2) is 53.3 Å². The number of aryl methyl sites for hydroxylation is 1. The predicted molar refractivity (Wildman–Crippen MR) is 122 cm³/mol. The third kappa shape index (κ3) is 5.23. The van der Waals surface area contributed by atoms with Crippen molar-refractivity contribution in [1.29, 1.82) is 0 Å². The number of benzene rings is 2. The molecule has 1 amide bonds. The molecular weight excluding hydrogens is 392 g/mol. The van der Waals surface area contributed by atoms with Gasteiger partial charge in [-0.1, -0.05) is 12.1 Å². The molecule has 3 aromatic rings. The molecule has 0 radical (unpaired) electrons. The number of ether oxygens (including phenoxy) is 1. The van der Waals surface area contributed by atoms with E-state index in [0.29, 0.717) is 36.0 Å². The van der Waals surface area contributed by atoms with Gasteiger partial charge in [0.15, 0.2) is 0 Å². The Morgan fingerprint density at radius 3 is 2.65 bits per heavy atom. The van der Waals surface area contributed by atoms with Crippen molar-refractivity contribution in [3.8, 4) is 5.75 Å². The Kier molecular flexibility index (Phi) is 6.50. The van der Waals surface area contributed by atoms with E-state index in [1.54, 1.807) is 13.2 Å². The van der Waals surface area contributed by atoms with Crippen molar-refractivity contribution in [2.24, 2.45) is 0 Å². The van der Waals surface area contributed by atoms with Gasteiger partial charge in [0.05, 0.1) is 18.0 Å². The smallest absolute Gasteiger partial charge is 0.258 e. The molecule has 0 bridgehead atoms. The molecule has 4 rings (SSSR count). The van der Waals surface area contributed by atoms with E-state index in [1.165, 1.54) is 5.69 Å². The third-order valence-corrected chi connectivity index (χ3v) is 5.78. The van der Waals surface area contributed by atoms with E-state index in [9.17, 15) is 9.59 Å². The zero-order valence-electron chi connectivity index (χ0n) is 17.8. The lowest BCUT2D eigenvalue weighted by Gasteiger charge is -2.34. The number of aromatic amines is 1. The second-order valence-electron chi connectivity index (χ2n) is 7.91. The summed E-state index contributed by atoms with van der Waals surface area (Å²) in [5.41, 5.74) is 1.74. The number of hydrogen-bond donors (Lipinski definition) is 2. The lowest BCUT2D eigenvalue weighted by Crippen LogP contribution is -2.44. The number of aromatic nitrogens is 2. The van der Waals surface area contributed by atoms with E-state index in [1.807, 2.05) is 30.3 Å². The maximum atomic E-state index is 12.4. The van der Waals surface area contributed by atoms with Gasteiger partial charge in [-0.15, -0.1) is 0 Å². The van der Waals surface area contributed by atoms with Crippen molar-refractivity contribution in [2.45, 2.75) is 38.1 Å². The molecule has 1 fully saturated rings. The molecule has 2 aromatic carbocycles. The van der Waals surface area contributed by atoms with Gasteiger partial charge in [0.2, 0.25) is 5.91 Å². The molecule has 7 nitrogen and oxygen atoms in total. The van der Waals surface area contributed by atoms with Gasteiger partial charge in [-0.3, -0.25) is 9.59 Å². The Hall–Kier alpha value is -3.35. The quantitative estimate of drug-likeness (QED) is 0.614. The minimum Gasteiger partial charge on any atom is -0.497 e. The molecule has 0 spiro atoms. The summed E-state index contributed by atoms with van der Waals surface area (Å²) in [5, 5.41) is 3.75. The Labute approximate surface area is 181 Å². The molecule has 0 atom stereocenters. The average molecular weight is 421 g/mol. The van der Waals surface area contributed by atoms with Crippen molar-refractivity contribution in [3.63, 3.8) is 0 Å². The number of H-pyrrole nitrogens is 1. The monoisotopic (exact) mass is 420 g/mol. The average Bonchev–Trinajstić information content (AvgIpc) is 2.80. The number of carbonyl (C=O) groups excluding carboxylic acids is 1. The van der Waals surface area contributed by atoms with Crippen molar-refractivity contribution in [3.05, 3.63) is 64.7 Å². The van der Waals surface area contributed by atoms with Crippen LogP contribution < -0.4 is 20.5 Å². The second kappa shape index (κ2) is 9.64. The Bertz CT molecular complexity index is 1090. The van der Waals surface area contributed by atoms with Gasteiger partial charge >= 0.3 is 0 Å². The zero-order valence-corrected chi connectivity index (χ0v) is 17.8. The highest BCUT2D eigenvalue weighted by molar-refractivity contribution is 5.77. The number of carbonyl (C=O) groups is 1. The minimum atomic E-state index is -0.131. The number of nitrogens with zero attached hydrogens (tertiary/aromatic N) is 2. The number of rotatable bonds is 7. The molecule has 31 heavy (non-hydrogen) atoms. The summed E-state index contributed by atoms with van der Waals surface area (Å²) < 4.78 is 5.22. The first-order valence-electron chi connectivity index (χ1n) is 10.8. The fourth-order valence-corrected chi connectivity index (χ4v) is 4.04. The van der Waals surface area contributed by atoms with Crippen molar-refractivity contribution >= 4 is 22.5 Å². The van der Waals surface area contributed by atoms with Crippen LogP contribution in [0.2, 0.25) is 0 Å². The second-order valence-corrected chi connectivity index (χ2v) is 7.91. The summed E-state index contributed by atoms with van der Waals surface area (Å²) in [4.78, 5) is 34.2. The van der Waals surface area contributed by atoms with E-state index < -0.39 is 0 Å². The number of para-hydroxylation sites is 1. The summed E-state index contributed by atoms with van der Waals surface area (Å²) in [5.74, 6) is 1.55. The summed E-state index contributed by atoms with van der Waals surface area (Å²) >= 11 is 0. The molecule has 1 saturated heterocycles. The summed E-state index contributed by atoms with van der Waals surface area (Å²) in [6.07, 6.45) is 3.51. The van der Waals surface area contributed by atoms with Gasteiger partial charge in [-0.25, -0.2) is 4.98 Å². The molecule has 162 valence electrons. The molecule has 0 aliphatic carbocycles. The number of fused-ring (bicyclic) bond motifs is 1. The molecule has 1 aliphatic rings. The maximum Gasteiger partial charge on any atom is 0.258 e. The molecule has 2 heterocycles. The van der Waals surface area contributed by atoms with Gasteiger partial charge < -0.3 is 19.9 Å². The number of piperidine rings is 1. The number of anilines is 1. The van der Waals surface area contributed by atoms with Crippen LogP contribution in [0.1, 0.15) is 31.5 Å². The Morgan fingerprint density at radius 1 is 1.16 bits per heavy atom. The number of methoxy groups -OCH3 is 1. The lowest BCUT2D eigenvalue weighted by molar-refractivity contribution is -0.122. The number of hydrogen-bond acceptors (Lipinski definition) is 5. The van der Waals surface area contributed by atoms with Gasteiger partial charge in [0.25, 0.3) is 5.56 Å². The highest BCUT2D eigenvalue weighted by atomic mass is 16.5. The molecule has 1 aromatic heterocycles. The van der Waals surface area contributed by atoms with Crippen LogP contribution in [-0.4, -0.2) is 42.1 Å². The molecule has 0 unspecified atom stereocenters. The first-order valence-corrected chi connectivity index (χ1v) is 10.8. The first-order chi connectivity index (χ1) is 15.1. The van der Waals surface area contributed by atoms with Crippen LogP contribution in [-0.2, 0) is 11.2 Å². The van der Waals surface area contributed by atoms with E-state index in [2.05, 4.69) is 32.3 Å². The topological polar surface area (TPSA) is 87.3 Å². The molecular formula is C24H28N4O3. The van der Waals surface area contributed by atoms with Crippen molar-refractivity contribution in [1.82, 2.24) is 15.3 Å². The standard InChI is InChI=1S/C24H28N4O3/c1-31-19-11-9-18(10-12-19)28-15-13-17(14-16-28)25-23(29)8-4-7-22-26-21-6-3-2-5-20(21)24(30)27-22/h2-3,5-6,9-12,17H,4,7-8,13-16H2,1H3,(H,25,29)(H,26,27,30). The van der Waals surface area contributed by atoms with Gasteiger partial charge in [0, 0.05) is 37.7 Å². The lowest BCUT2D eigenvalue weighted by atomic mass is 10.0. The van der Waals surface area contributed by atoms with Gasteiger partial charge in [-0.05, 0) is 55.7 Å². The fraction of sp³-hybridized carbons (Fsp3) is 0.375. The summed E-state index contributed by atoms with van der Waals surface area (Å²) in [6, 6.07) is 15.6. The van der Waals surface area contributed by atoms with Crippen LogP contribution in [0.5, 0.6) is 5.75 Å². The van der Waals surface area contributed by atoms with Crippen LogP contribution in [0.25, 0.3) is 10.9 Å². The fourth-order valence-electron chi connectivity index (χ4n) is 4.04.